The zero-order valence-corrected chi connectivity index (χ0v) is 17.4. The average molecular weight is 409 g/mol. The number of amidine groups is 1. The van der Waals surface area contributed by atoms with Crippen LogP contribution in [-0.4, -0.2) is 28.0 Å². The van der Waals surface area contributed by atoms with Crippen LogP contribution in [0.25, 0.3) is 10.2 Å². The molecule has 0 atom stereocenters. The Labute approximate surface area is 173 Å². The number of benzene rings is 2. The second kappa shape index (κ2) is 7.76. The highest BCUT2D eigenvalue weighted by Gasteiger charge is 2.39. The Morgan fingerprint density at radius 2 is 2.00 bits per heavy atom. The molecule has 1 aliphatic carbocycles. The number of aliphatic imine (C=N–C) groups is 1. The van der Waals surface area contributed by atoms with Gasteiger partial charge in [0.15, 0.2) is 10.3 Å². The summed E-state index contributed by atoms with van der Waals surface area (Å²) in [4.78, 5) is 9.51. The van der Waals surface area contributed by atoms with Crippen molar-refractivity contribution >= 4 is 49.3 Å². The Morgan fingerprint density at radius 3 is 2.89 bits per heavy atom. The van der Waals surface area contributed by atoms with Crippen LogP contribution in [0.5, 0.6) is 0 Å². The Balaban J connectivity index is 1.20. The van der Waals surface area contributed by atoms with E-state index in [0.717, 1.165) is 40.2 Å². The molecule has 5 rings (SSSR count). The normalized spacial score (nSPS) is 19.5. The number of thiazole rings is 1. The third-order valence-electron chi connectivity index (χ3n) is 5.54. The predicted molar refractivity (Wildman–Crippen MR) is 122 cm³/mol. The Hall–Kier alpha value is -2.05. The first-order chi connectivity index (χ1) is 13.8. The van der Waals surface area contributed by atoms with Crippen molar-refractivity contribution in [2.45, 2.75) is 37.6 Å². The van der Waals surface area contributed by atoms with Crippen molar-refractivity contribution in [3.8, 4) is 0 Å². The fourth-order valence-electron chi connectivity index (χ4n) is 4.05. The van der Waals surface area contributed by atoms with Gasteiger partial charge in [-0.25, -0.2) is 9.98 Å². The number of hydrogen-bond donors (Lipinski definition) is 2. The molecular weight excluding hydrogens is 384 g/mol. The van der Waals surface area contributed by atoms with Crippen molar-refractivity contribution in [1.82, 2.24) is 10.3 Å². The molecule has 4 nitrogen and oxygen atoms in total. The smallest absolute Gasteiger partial charge is 0.183 e. The van der Waals surface area contributed by atoms with Gasteiger partial charge in [-0.15, -0.1) is 0 Å². The van der Waals surface area contributed by atoms with E-state index in [-0.39, 0.29) is 0 Å². The molecule has 2 fully saturated rings. The van der Waals surface area contributed by atoms with Gasteiger partial charge in [0, 0.05) is 17.8 Å². The minimum Gasteiger partial charge on any atom is -0.361 e. The number of nitrogens with zero attached hydrogens (tertiary/aromatic N) is 2. The van der Waals surface area contributed by atoms with E-state index in [1.807, 2.05) is 17.8 Å². The molecule has 28 heavy (non-hydrogen) atoms. The second-order valence-electron chi connectivity index (χ2n) is 7.65. The molecular formula is C22H24N4S2. The second-order valence-corrected chi connectivity index (χ2v) is 9.65. The molecule has 2 aliphatic rings. The number of aromatic nitrogens is 1. The standard InChI is InChI=1S/C22H24N4S2/c1-2-9-19-18(8-1)25-20(28-19)23-13-10-16-6-5-7-17(14-16)24-21-26-22(15-27-21)11-3-4-12-22/h1-2,5-9,14H,3-4,10-13,15H2,(H,23,25)(H,24,26). The fourth-order valence-corrected chi connectivity index (χ4v) is 6.17. The van der Waals surface area contributed by atoms with Gasteiger partial charge < -0.3 is 10.6 Å². The van der Waals surface area contributed by atoms with E-state index < -0.39 is 0 Å². The molecule has 2 heterocycles. The SMILES string of the molecule is c1cc(CCNc2nc3ccccc3s2)cc(/N=C2\NC3(CCCC3)CS2)c1. The molecule has 2 aromatic carbocycles. The monoisotopic (exact) mass is 408 g/mol. The lowest BCUT2D eigenvalue weighted by Crippen LogP contribution is -2.40. The van der Waals surface area contributed by atoms with Crippen LogP contribution in [0.2, 0.25) is 0 Å². The number of thioether (sulfide) groups is 1. The van der Waals surface area contributed by atoms with E-state index in [1.165, 1.54) is 35.9 Å². The fraction of sp³-hybridized carbons (Fsp3) is 0.364. The Morgan fingerprint density at radius 1 is 1.11 bits per heavy atom. The molecule has 1 spiro atoms. The van der Waals surface area contributed by atoms with E-state index in [0.29, 0.717) is 5.54 Å². The molecule has 0 bridgehead atoms. The quantitative estimate of drug-likeness (QED) is 0.578. The summed E-state index contributed by atoms with van der Waals surface area (Å²) in [6.07, 6.45) is 6.22. The van der Waals surface area contributed by atoms with Crippen molar-refractivity contribution < 1.29 is 0 Å². The molecule has 2 N–H and O–H groups in total. The average Bonchev–Trinajstić information content (AvgIpc) is 3.43. The van der Waals surface area contributed by atoms with Gasteiger partial charge in [-0.2, -0.15) is 0 Å². The van der Waals surface area contributed by atoms with E-state index in [9.17, 15) is 0 Å². The maximum atomic E-state index is 4.87. The van der Waals surface area contributed by atoms with Crippen molar-refractivity contribution in [1.29, 1.82) is 0 Å². The van der Waals surface area contributed by atoms with E-state index in [4.69, 9.17) is 4.99 Å². The van der Waals surface area contributed by atoms with Crippen molar-refractivity contribution in [3.05, 3.63) is 54.1 Å². The number of hydrogen-bond acceptors (Lipinski definition) is 5. The van der Waals surface area contributed by atoms with Gasteiger partial charge in [0.1, 0.15) is 0 Å². The number of anilines is 1. The minimum absolute atomic E-state index is 0.322. The lowest BCUT2D eigenvalue weighted by molar-refractivity contribution is 0.453. The van der Waals surface area contributed by atoms with Gasteiger partial charge in [0.05, 0.1) is 15.9 Å². The first kappa shape index (κ1) is 18.0. The number of nitrogens with one attached hydrogen (secondary N) is 2. The molecule has 6 heteroatoms. The van der Waals surface area contributed by atoms with Crippen LogP contribution in [0.1, 0.15) is 31.2 Å². The molecule has 0 amide bonds. The highest BCUT2D eigenvalue weighted by Crippen LogP contribution is 2.38. The van der Waals surface area contributed by atoms with Crippen LogP contribution in [0.3, 0.4) is 0 Å². The summed E-state index contributed by atoms with van der Waals surface area (Å²) >= 11 is 3.59. The maximum Gasteiger partial charge on any atom is 0.183 e. The van der Waals surface area contributed by atoms with Crippen LogP contribution in [-0.2, 0) is 6.42 Å². The summed E-state index contributed by atoms with van der Waals surface area (Å²) < 4.78 is 1.23. The summed E-state index contributed by atoms with van der Waals surface area (Å²) in [6.45, 7) is 0.871. The van der Waals surface area contributed by atoms with Crippen LogP contribution in [0.4, 0.5) is 10.8 Å². The largest absolute Gasteiger partial charge is 0.361 e. The summed E-state index contributed by atoms with van der Waals surface area (Å²) in [5, 5.41) is 9.25. The molecule has 0 unspecified atom stereocenters. The number of fused-ring (bicyclic) bond motifs is 1. The summed E-state index contributed by atoms with van der Waals surface area (Å²) in [5.74, 6) is 1.16. The van der Waals surface area contributed by atoms with Crippen LogP contribution in [0.15, 0.2) is 53.5 Å². The van der Waals surface area contributed by atoms with Gasteiger partial charge in [-0.1, -0.05) is 60.2 Å². The Kier molecular flexibility index (Phi) is 4.99. The van der Waals surface area contributed by atoms with Crippen molar-refractivity contribution in [2.75, 3.05) is 17.6 Å². The van der Waals surface area contributed by atoms with E-state index >= 15 is 0 Å². The van der Waals surface area contributed by atoms with E-state index in [1.54, 1.807) is 11.3 Å². The van der Waals surface area contributed by atoms with Crippen LogP contribution in [0, 0.1) is 0 Å². The lowest BCUT2D eigenvalue weighted by atomic mass is 10.0. The molecule has 1 saturated heterocycles. The third kappa shape index (κ3) is 3.89. The Bertz CT molecular complexity index is 971. The molecule has 144 valence electrons. The predicted octanol–water partition coefficient (Wildman–Crippen LogP) is 5.59. The van der Waals surface area contributed by atoms with Gasteiger partial charge >= 0.3 is 0 Å². The summed E-state index contributed by atoms with van der Waals surface area (Å²) in [7, 11) is 0. The van der Waals surface area contributed by atoms with Gasteiger partial charge in [-0.3, -0.25) is 0 Å². The minimum atomic E-state index is 0.322. The first-order valence-electron chi connectivity index (χ1n) is 9.96. The number of para-hydroxylation sites is 1. The van der Waals surface area contributed by atoms with Gasteiger partial charge in [0.25, 0.3) is 0 Å². The zero-order chi connectivity index (χ0) is 18.8. The summed E-state index contributed by atoms with van der Waals surface area (Å²) in [5.41, 5.74) is 3.73. The zero-order valence-electron chi connectivity index (χ0n) is 15.8. The molecule has 3 aromatic rings. The molecule has 1 aliphatic heterocycles. The lowest BCUT2D eigenvalue weighted by Gasteiger charge is -2.21. The van der Waals surface area contributed by atoms with Crippen LogP contribution < -0.4 is 10.6 Å². The number of rotatable bonds is 5. The van der Waals surface area contributed by atoms with E-state index in [2.05, 4.69) is 58.1 Å². The molecule has 0 radical (unpaired) electrons. The topological polar surface area (TPSA) is 49.3 Å². The highest BCUT2D eigenvalue weighted by molar-refractivity contribution is 8.14. The van der Waals surface area contributed by atoms with Crippen molar-refractivity contribution in [2.24, 2.45) is 4.99 Å². The van der Waals surface area contributed by atoms with Gasteiger partial charge in [-0.05, 0) is 49.1 Å². The molecule has 1 saturated carbocycles. The third-order valence-corrected chi connectivity index (χ3v) is 7.70. The van der Waals surface area contributed by atoms with Crippen molar-refractivity contribution in [3.63, 3.8) is 0 Å². The summed E-state index contributed by atoms with van der Waals surface area (Å²) in [6, 6.07) is 16.9. The van der Waals surface area contributed by atoms with Gasteiger partial charge in [0.2, 0.25) is 0 Å². The first-order valence-corrected chi connectivity index (χ1v) is 11.8. The maximum absolute atomic E-state index is 4.87. The van der Waals surface area contributed by atoms with Crippen LogP contribution >= 0.6 is 23.1 Å². The highest BCUT2D eigenvalue weighted by atomic mass is 32.2. The molecule has 1 aromatic heterocycles.